The lowest BCUT2D eigenvalue weighted by atomic mass is 10.1. The first-order chi connectivity index (χ1) is 7.21. The van der Waals surface area contributed by atoms with Crippen molar-refractivity contribution in [2.24, 2.45) is 0 Å². The zero-order chi connectivity index (χ0) is 12.5. The van der Waals surface area contributed by atoms with Crippen LogP contribution in [0.5, 0.6) is 0 Å². The number of carboxylic acid groups (broad SMARTS) is 2. The van der Waals surface area contributed by atoms with Crippen molar-refractivity contribution in [3.8, 4) is 0 Å². The fourth-order valence-corrected chi connectivity index (χ4v) is 1.53. The summed E-state index contributed by atoms with van der Waals surface area (Å²) in [5.41, 5.74) is -1.15. The van der Waals surface area contributed by atoms with Crippen LogP contribution in [-0.2, 0) is 10.1 Å². The van der Waals surface area contributed by atoms with E-state index < -0.39 is 38.1 Å². The summed E-state index contributed by atoms with van der Waals surface area (Å²) in [5, 5.41) is 17.2. The predicted molar refractivity (Wildman–Crippen MR) is 48.3 cm³/mol. The first-order valence-electron chi connectivity index (χ1n) is 3.79. The predicted octanol–water partition coefficient (Wildman–Crippen LogP) is -0.0129. The van der Waals surface area contributed by atoms with Crippen LogP contribution in [0, 0.1) is 0 Å². The summed E-state index contributed by atoms with van der Waals surface area (Å²) in [7, 11) is -4.89. The molecule has 0 aliphatic carbocycles. The van der Waals surface area contributed by atoms with Gasteiger partial charge in [0.15, 0.2) is 0 Å². The summed E-state index contributed by atoms with van der Waals surface area (Å²) in [6.45, 7) is 0. The topological polar surface area (TPSA) is 132 Å². The fourth-order valence-electron chi connectivity index (χ4n) is 0.990. The average molecular weight is 245 g/mol. The normalized spacial score (nSPS) is 11.1. The molecule has 0 aromatic heterocycles. The maximum Gasteiger partial charge on any atom is 0.335 e. The van der Waals surface area contributed by atoms with E-state index in [0.29, 0.717) is 12.1 Å². The maximum atomic E-state index is 10.6. The van der Waals surface area contributed by atoms with Gasteiger partial charge in [0, 0.05) is 0 Å². The minimum absolute atomic E-state index is 0.575. The van der Waals surface area contributed by atoms with Crippen molar-refractivity contribution in [2.45, 2.75) is 4.90 Å². The summed E-state index contributed by atoms with van der Waals surface area (Å²) in [6.07, 6.45) is 0. The molecule has 7 nitrogen and oxygen atoms in total. The second-order valence-corrected chi connectivity index (χ2v) is 4.19. The quantitative estimate of drug-likeness (QED) is 0.715. The smallest absolute Gasteiger partial charge is 0.335 e. The molecular weight excluding hydrogens is 240 g/mol. The number of hydrogen-bond donors (Lipinski definition) is 2. The van der Waals surface area contributed by atoms with Crippen LogP contribution in [0.1, 0.15) is 20.7 Å². The first kappa shape index (κ1) is 12.1. The van der Waals surface area contributed by atoms with Crippen molar-refractivity contribution < 1.29 is 32.8 Å². The van der Waals surface area contributed by atoms with Gasteiger partial charge in [-0.25, -0.2) is 18.0 Å². The molecule has 1 aromatic rings. The Bertz CT molecular complexity index is 525. The van der Waals surface area contributed by atoms with Crippen LogP contribution in [0.2, 0.25) is 0 Å². The molecular formula is C8H5O7S-. The monoisotopic (exact) mass is 245 g/mol. The molecule has 0 amide bonds. The Balaban J connectivity index is 3.54. The van der Waals surface area contributed by atoms with E-state index in [9.17, 15) is 22.6 Å². The van der Waals surface area contributed by atoms with Crippen LogP contribution in [0.15, 0.2) is 23.1 Å². The van der Waals surface area contributed by atoms with Gasteiger partial charge in [-0.3, -0.25) is 0 Å². The molecule has 0 saturated heterocycles. The molecule has 0 atom stereocenters. The van der Waals surface area contributed by atoms with E-state index in [-0.39, 0.29) is 0 Å². The van der Waals surface area contributed by atoms with Crippen molar-refractivity contribution in [3.05, 3.63) is 29.3 Å². The summed E-state index contributed by atoms with van der Waals surface area (Å²) < 4.78 is 31.9. The van der Waals surface area contributed by atoms with Crippen molar-refractivity contribution in [1.82, 2.24) is 0 Å². The molecule has 2 N–H and O–H groups in total. The largest absolute Gasteiger partial charge is 0.744 e. The minimum Gasteiger partial charge on any atom is -0.744 e. The van der Waals surface area contributed by atoms with Gasteiger partial charge in [0.05, 0.1) is 16.0 Å². The summed E-state index contributed by atoms with van der Waals surface area (Å²) in [4.78, 5) is 20.2. The molecule has 0 saturated carbocycles. The number of aromatic carboxylic acids is 2. The van der Waals surface area contributed by atoms with Crippen LogP contribution in [-0.4, -0.2) is 35.1 Å². The second kappa shape index (κ2) is 3.91. The highest BCUT2D eigenvalue weighted by atomic mass is 32.2. The van der Waals surface area contributed by atoms with Crippen LogP contribution in [0.3, 0.4) is 0 Å². The third kappa shape index (κ3) is 2.55. The van der Waals surface area contributed by atoms with E-state index in [2.05, 4.69) is 0 Å². The fraction of sp³-hybridized carbons (Fsp3) is 0. The van der Waals surface area contributed by atoms with E-state index >= 15 is 0 Å². The molecule has 0 bridgehead atoms. The Hall–Kier alpha value is -1.93. The van der Waals surface area contributed by atoms with E-state index in [0.717, 1.165) is 6.07 Å². The third-order valence-electron chi connectivity index (χ3n) is 1.69. The highest BCUT2D eigenvalue weighted by Gasteiger charge is 2.13. The van der Waals surface area contributed by atoms with Crippen molar-refractivity contribution in [2.75, 3.05) is 0 Å². The molecule has 0 unspecified atom stereocenters. The highest BCUT2D eigenvalue weighted by Crippen LogP contribution is 2.15. The van der Waals surface area contributed by atoms with Gasteiger partial charge in [0.2, 0.25) is 0 Å². The van der Waals surface area contributed by atoms with Gasteiger partial charge in [-0.15, -0.1) is 0 Å². The molecule has 0 radical (unpaired) electrons. The number of benzene rings is 1. The number of hydrogen-bond acceptors (Lipinski definition) is 5. The Morgan fingerprint density at radius 3 is 1.62 bits per heavy atom. The first-order valence-corrected chi connectivity index (χ1v) is 5.20. The lowest BCUT2D eigenvalue weighted by molar-refractivity contribution is 0.0696. The molecule has 0 aliphatic heterocycles. The van der Waals surface area contributed by atoms with Crippen LogP contribution in [0.4, 0.5) is 0 Å². The zero-order valence-electron chi connectivity index (χ0n) is 7.58. The standard InChI is InChI=1S/C8H6O7S/c9-7(10)4-1-5(8(11)12)3-6(2-4)16(13,14)15/h1-3H,(H,9,10)(H,11,12)(H,13,14,15)/p-1. The molecule has 16 heavy (non-hydrogen) atoms. The van der Waals surface area contributed by atoms with E-state index in [1.165, 1.54) is 0 Å². The number of carboxylic acids is 2. The van der Waals surface area contributed by atoms with Gasteiger partial charge < -0.3 is 14.8 Å². The van der Waals surface area contributed by atoms with Crippen molar-refractivity contribution >= 4 is 22.1 Å². The van der Waals surface area contributed by atoms with Crippen LogP contribution in [0.25, 0.3) is 0 Å². The van der Waals surface area contributed by atoms with Gasteiger partial charge >= 0.3 is 11.9 Å². The van der Waals surface area contributed by atoms with Gasteiger partial charge in [-0.05, 0) is 18.2 Å². The third-order valence-corrected chi connectivity index (χ3v) is 2.50. The SMILES string of the molecule is O=C(O)c1cc(C(=O)O)cc(S(=O)(=O)[O-])c1. The Labute approximate surface area is 89.7 Å². The van der Waals surface area contributed by atoms with E-state index in [4.69, 9.17) is 10.2 Å². The summed E-state index contributed by atoms with van der Waals surface area (Å²) in [6, 6.07) is 1.98. The zero-order valence-corrected chi connectivity index (χ0v) is 8.39. The lowest BCUT2D eigenvalue weighted by Crippen LogP contribution is -2.07. The molecule has 0 fully saturated rings. The van der Waals surface area contributed by atoms with E-state index in [1.807, 2.05) is 0 Å². The second-order valence-electron chi connectivity index (χ2n) is 2.81. The molecule has 1 aromatic carbocycles. The highest BCUT2D eigenvalue weighted by molar-refractivity contribution is 7.85. The van der Waals surface area contributed by atoms with Crippen molar-refractivity contribution in [1.29, 1.82) is 0 Å². The van der Waals surface area contributed by atoms with Gasteiger partial charge in [0.1, 0.15) is 10.1 Å². The number of carbonyl (C=O) groups is 2. The average Bonchev–Trinajstić information content (AvgIpc) is 2.15. The van der Waals surface area contributed by atoms with Gasteiger partial charge in [0.25, 0.3) is 0 Å². The minimum atomic E-state index is -4.89. The van der Waals surface area contributed by atoms with Crippen molar-refractivity contribution in [3.63, 3.8) is 0 Å². The molecule has 0 spiro atoms. The molecule has 0 aliphatic rings. The Morgan fingerprint density at radius 1 is 1.00 bits per heavy atom. The lowest BCUT2D eigenvalue weighted by Gasteiger charge is -2.08. The Kier molecular flexibility index (Phi) is 2.97. The Morgan fingerprint density at radius 2 is 1.38 bits per heavy atom. The van der Waals surface area contributed by atoms with Gasteiger partial charge in [-0.2, -0.15) is 0 Å². The van der Waals surface area contributed by atoms with Crippen LogP contribution < -0.4 is 0 Å². The number of rotatable bonds is 3. The van der Waals surface area contributed by atoms with E-state index in [1.54, 1.807) is 0 Å². The van der Waals surface area contributed by atoms with Gasteiger partial charge in [-0.1, -0.05) is 0 Å². The molecule has 86 valence electrons. The summed E-state index contributed by atoms with van der Waals surface area (Å²) >= 11 is 0. The molecule has 8 heteroatoms. The summed E-state index contributed by atoms with van der Waals surface area (Å²) in [5.74, 6) is -3.04. The van der Waals surface area contributed by atoms with Crippen LogP contribution >= 0.6 is 0 Å². The molecule has 1 rings (SSSR count). The maximum absolute atomic E-state index is 10.6. The molecule has 0 heterocycles.